The first-order valence-electron chi connectivity index (χ1n) is 11.3. The summed E-state index contributed by atoms with van der Waals surface area (Å²) in [7, 11) is -8.25. The molecule has 43 heavy (non-hydrogen) atoms. The number of nitrogens with zero attached hydrogens (tertiary/aromatic N) is 1. The maximum absolute atomic E-state index is 13.4. The lowest BCUT2D eigenvalue weighted by molar-refractivity contribution is -0.921. The SMILES string of the molecule is CC(F)C(F)(F)C(F)(F)C(F)(F)C(F)(F)C(F)(F)C(F)(F)C(F)(F)C(F)(F)C(F)(F)S(=O)(=O)[O-].CC[N+](CC)(CC)CC. The molecule has 0 aliphatic heterocycles. The van der Waals surface area contributed by atoms with Crippen molar-refractivity contribution in [3.05, 3.63) is 0 Å². The van der Waals surface area contributed by atoms with E-state index < -0.39 is 75.8 Å². The lowest BCUT2D eigenvalue weighted by atomic mass is 9.87. The molecule has 262 valence electrons. The van der Waals surface area contributed by atoms with Crippen molar-refractivity contribution < 1.29 is 101 Å². The molecule has 0 saturated carbocycles. The van der Waals surface area contributed by atoms with Crippen LogP contribution in [0.3, 0.4) is 0 Å². The second-order valence-corrected chi connectivity index (χ2v) is 10.3. The molecule has 24 heteroatoms. The molecule has 4 nitrogen and oxygen atoms in total. The lowest BCUT2D eigenvalue weighted by Gasteiger charge is -2.44. The zero-order valence-electron chi connectivity index (χ0n) is 22.2. The highest BCUT2D eigenvalue weighted by Gasteiger charge is 2.97. The monoisotopic (exact) mass is 707 g/mol. The van der Waals surface area contributed by atoms with Gasteiger partial charge in [0.05, 0.1) is 26.2 Å². The van der Waals surface area contributed by atoms with Crippen LogP contribution < -0.4 is 0 Å². The second-order valence-electron chi connectivity index (χ2n) is 8.84. The molecule has 0 aliphatic carbocycles. The molecule has 0 aromatic heterocycles. The van der Waals surface area contributed by atoms with Crippen molar-refractivity contribution in [2.75, 3.05) is 26.2 Å². The van der Waals surface area contributed by atoms with Crippen LogP contribution in [0.4, 0.5) is 83.4 Å². The Morgan fingerprint density at radius 3 is 0.884 bits per heavy atom. The van der Waals surface area contributed by atoms with Gasteiger partial charge >= 0.3 is 52.6 Å². The Labute approximate surface area is 231 Å². The minimum absolute atomic E-state index is 0.797. The van der Waals surface area contributed by atoms with Crippen LogP contribution in [-0.4, -0.2) is 102 Å². The van der Waals surface area contributed by atoms with Gasteiger partial charge in [-0.1, -0.05) is 0 Å². The molecule has 0 spiro atoms. The lowest BCUT2D eigenvalue weighted by Crippen LogP contribution is -2.76. The topological polar surface area (TPSA) is 57.2 Å². The molecule has 0 fully saturated rings. The third kappa shape index (κ3) is 6.33. The minimum atomic E-state index is -9.14. The van der Waals surface area contributed by atoms with Gasteiger partial charge < -0.3 is 9.04 Å². The maximum atomic E-state index is 13.4. The van der Waals surface area contributed by atoms with Gasteiger partial charge in [-0.15, -0.1) is 0 Å². The first kappa shape index (κ1) is 43.7. The highest BCUT2D eigenvalue weighted by atomic mass is 32.2. The highest BCUT2D eigenvalue weighted by Crippen LogP contribution is 2.65. The summed E-state index contributed by atoms with van der Waals surface area (Å²) in [4.78, 5) is 0. The van der Waals surface area contributed by atoms with E-state index in [2.05, 4.69) is 27.7 Å². The minimum Gasteiger partial charge on any atom is -0.743 e. The van der Waals surface area contributed by atoms with E-state index in [-0.39, 0.29) is 0 Å². The molecule has 1 unspecified atom stereocenters. The molecule has 0 aliphatic rings. The first-order chi connectivity index (χ1) is 18.4. The molecule has 0 aromatic rings. The summed E-state index contributed by atoms with van der Waals surface area (Å²) in [6.45, 7) is 13.4. The number of rotatable bonds is 14. The van der Waals surface area contributed by atoms with Gasteiger partial charge in [0.25, 0.3) is 0 Å². The highest BCUT2D eigenvalue weighted by molar-refractivity contribution is 7.86. The standard InChI is InChI=1S/C11H5F19O3S.C8H20N/c1-2(12)3(13,14)4(15,16)5(17,18)6(19,20)7(21,22)8(23,24)9(25,26)10(27,28)11(29,30)34(31,32)33;1-5-9(6-2,7-3)8-4/h2H,1H3,(H,31,32,33);5-8H2,1-4H3/q;+1/p-1. The van der Waals surface area contributed by atoms with E-state index in [0.29, 0.717) is 0 Å². The normalized spacial score (nSPS) is 16.5. The molecule has 0 amide bonds. The Bertz CT molecular complexity index is 1020. The van der Waals surface area contributed by atoms with Gasteiger partial charge in [0.2, 0.25) is 0 Å². The number of hydrogen-bond donors (Lipinski definition) is 0. The second kappa shape index (κ2) is 12.4. The van der Waals surface area contributed by atoms with Gasteiger partial charge in [-0.2, -0.15) is 79.0 Å². The molecule has 0 aromatic carbocycles. The zero-order chi connectivity index (χ0) is 35.9. The van der Waals surface area contributed by atoms with Crippen molar-refractivity contribution >= 4 is 10.1 Å². The van der Waals surface area contributed by atoms with Crippen molar-refractivity contribution in [1.29, 1.82) is 0 Å². The number of halogens is 19. The van der Waals surface area contributed by atoms with Crippen molar-refractivity contribution in [3.8, 4) is 0 Å². The summed E-state index contributed by atoms with van der Waals surface area (Å²) >= 11 is 0. The van der Waals surface area contributed by atoms with Crippen LogP contribution in [0.1, 0.15) is 34.6 Å². The average molecular weight is 707 g/mol. The molecule has 0 rings (SSSR count). The van der Waals surface area contributed by atoms with Crippen LogP contribution >= 0.6 is 0 Å². The van der Waals surface area contributed by atoms with Gasteiger partial charge in [0, 0.05) is 0 Å². The fourth-order valence-electron chi connectivity index (χ4n) is 3.13. The van der Waals surface area contributed by atoms with E-state index in [4.69, 9.17) is 0 Å². The summed E-state index contributed by atoms with van der Waals surface area (Å²) in [5.41, 5.74) is 0. The van der Waals surface area contributed by atoms with Gasteiger partial charge in [-0.3, -0.25) is 0 Å². The predicted octanol–water partition coefficient (Wildman–Crippen LogP) is 7.45. The Kier molecular flexibility index (Phi) is 12.6. The number of alkyl halides is 19. The van der Waals surface area contributed by atoms with Crippen LogP contribution in [0.2, 0.25) is 0 Å². The fraction of sp³-hybridized carbons (Fsp3) is 1.00. The molecule has 1 atom stereocenters. The fourth-order valence-corrected chi connectivity index (χ4v) is 3.57. The number of quaternary nitrogens is 1. The van der Waals surface area contributed by atoms with E-state index >= 15 is 0 Å². The first-order valence-corrected chi connectivity index (χ1v) is 12.7. The van der Waals surface area contributed by atoms with Crippen LogP contribution in [0.15, 0.2) is 0 Å². The molecule has 0 saturated heterocycles. The third-order valence-electron chi connectivity index (χ3n) is 6.65. The zero-order valence-corrected chi connectivity index (χ0v) is 23.0. The van der Waals surface area contributed by atoms with Gasteiger partial charge in [0.1, 0.15) is 0 Å². The van der Waals surface area contributed by atoms with E-state index in [1.165, 1.54) is 30.7 Å². The van der Waals surface area contributed by atoms with Crippen molar-refractivity contribution in [3.63, 3.8) is 0 Å². The molecule has 0 bridgehead atoms. The quantitative estimate of drug-likeness (QED) is 0.107. The smallest absolute Gasteiger partial charge is 0.402 e. The Balaban J connectivity index is 0. The molecular formula is C19H24F19NO3S. The van der Waals surface area contributed by atoms with Crippen LogP contribution in [0, 0.1) is 0 Å². The van der Waals surface area contributed by atoms with Crippen LogP contribution in [0.5, 0.6) is 0 Å². The third-order valence-corrected chi connectivity index (χ3v) is 7.53. The Hall–Kier alpha value is -1.46. The molecular weight excluding hydrogens is 683 g/mol. The molecule has 0 radical (unpaired) electrons. The van der Waals surface area contributed by atoms with Crippen molar-refractivity contribution in [2.24, 2.45) is 0 Å². The average Bonchev–Trinajstić information content (AvgIpc) is 2.84. The van der Waals surface area contributed by atoms with E-state index in [1.54, 1.807) is 0 Å². The summed E-state index contributed by atoms with van der Waals surface area (Å²) in [5, 5.41) is -8.07. The van der Waals surface area contributed by atoms with Crippen molar-refractivity contribution in [1.82, 2.24) is 0 Å². The van der Waals surface area contributed by atoms with E-state index in [1.807, 2.05) is 0 Å². The van der Waals surface area contributed by atoms with Gasteiger partial charge in [-0.05, 0) is 34.6 Å². The van der Waals surface area contributed by atoms with E-state index in [9.17, 15) is 96.4 Å². The summed E-state index contributed by atoms with van der Waals surface area (Å²) in [6, 6.07) is 0. The van der Waals surface area contributed by atoms with Crippen molar-refractivity contribution in [2.45, 2.75) is 93.4 Å². The number of hydrogen-bond acceptors (Lipinski definition) is 3. The largest absolute Gasteiger partial charge is 0.743 e. The Morgan fingerprint density at radius 2 is 0.721 bits per heavy atom. The summed E-state index contributed by atoms with van der Waals surface area (Å²) < 4.78 is 281. The van der Waals surface area contributed by atoms with Crippen LogP contribution in [-0.2, 0) is 10.1 Å². The Morgan fingerprint density at radius 1 is 0.512 bits per heavy atom. The maximum Gasteiger partial charge on any atom is 0.402 e. The molecule has 0 heterocycles. The predicted molar refractivity (Wildman–Crippen MR) is 107 cm³/mol. The summed E-state index contributed by atoms with van der Waals surface area (Å²) in [6.07, 6.45) is -4.68. The van der Waals surface area contributed by atoms with E-state index in [0.717, 1.165) is 0 Å². The van der Waals surface area contributed by atoms with Gasteiger partial charge in [-0.25, -0.2) is 12.8 Å². The summed E-state index contributed by atoms with van der Waals surface area (Å²) in [5.74, 6) is -69.0. The molecule has 0 N–H and O–H groups in total. The van der Waals surface area contributed by atoms with Gasteiger partial charge in [0.15, 0.2) is 16.3 Å². The van der Waals surface area contributed by atoms with Crippen LogP contribution in [0.25, 0.3) is 0 Å².